The number of nitrogens with zero attached hydrogens (tertiary/aromatic N) is 6. The highest BCUT2D eigenvalue weighted by Gasteiger charge is 2.39. The highest BCUT2D eigenvalue weighted by molar-refractivity contribution is 6.12. The first kappa shape index (κ1) is 79.6. The fourth-order valence-electron chi connectivity index (χ4n) is 12.8. The largest absolute Gasteiger partial charge is 0.509 e. The first-order valence-corrected chi connectivity index (χ1v) is 36.2. The summed E-state index contributed by atoms with van der Waals surface area (Å²) >= 11 is 0. The number of esters is 1. The summed E-state index contributed by atoms with van der Waals surface area (Å²) < 4.78 is 69.5. The summed E-state index contributed by atoms with van der Waals surface area (Å²) in [5.74, 6) is -2.27. The van der Waals surface area contributed by atoms with Gasteiger partial charge >= 0.3 is 12.1 Å². The normalized spacial score (nSPS) is 16.3. The first-order valence-electron chi connectivity index (χ1n) is 36.2. The van der Waals surface area contributed by atoms with E-state index in [1.54, 1.807) is 57.8 Å². The molecule has 2 N–H and O–H groups in total. The van der Waals surface area contributed by atoms with E-state index in [4.69, 9.17) is 61.8 Å². The van der Waals surface area contributed by atoms with Crippen LogP contribution in [0.1, 0.15) is 131 Å². The number of hydrogen-bond acceptors (Lipinski definition) is 25. The zero-order chi connectivity index (χ0) is 73.4. The van der Waals surface area contributed by atoms with Crippen LogP contribution < -0.4 is 10.9 Å². The maximum absolute atomic E-state index is 13.9. The number of phenolic OH excluding ortho intramolecular Hbond substituents is 1. The number of hydrogen-bond donors (Lipinski definition) is 2. The molecule has 0 saturated heterocycles. The lowest BCUT2D eigenvalue weighted by molar-refractivity contribution is -0.159. The molecule has 564 valence electrons. The lowest BCUT2D eigenvalue weighted by atomic mass is 9.79. The van der Waals surface area contributed by atoms with Gasteiger partial charge in [0.25, 0.3) is 17.4 Å². The summed E-state index contributed by atoms with van der Waals surface area (Å²) in [6, 6.07) is 13.1. The predicted molar refractivity (Wildman–Crippen MR) is 374 cm³/mol. The molecule has 1 fully saturated rings. The van der Waals surface area contributed by atoms with Crippen LogP contribution in [0.4, 0.5) is 10.5 Å². The number of aryl methyl sites for hydroxylation is 2. The van der Waals surface area contributed by atoms with Crippen molar-refractivity contribution in [1.29, 1.82) is 0 Å². The van der Waals surface area contributed by atoms with Crippen molar-refractivity contribution in [3.63, 3.8) is 0 Å². The molecule has 29 heteroatoms. The van der Waals surface area contributed by atoms with Crippen LogP contribution in [0.25, 0.3) is 22.3 Å². The minimum atomic E-state index is -1.57. The number of nitrogens with one attached hydrogen (secondary N) is 1. The molecule has 9 rings (SSSR count). The molecule has 104 heavy (non-hydrogen) atoms. The van der Waals surface area contributed by atoms with Crippen LogP contribution in [0.5, 0.6) is 5.75 Å². The van der Waals surface area contributed by atoms with Crippen molar-refractivity contribution in [2.45, 2.75) is 136 Å². The van der Waals surface area contributed by atoms with E-state index in [2.05, 4.69) is 15.6 Å². The summed E-state index contributed by atoms with van der Waals surface area (Å²) in [5.41, 5.74) is 5.10. The van der Waals surface area contributed by atoms with E-state index < -0.39 is 29.7 Å². The minimum absolute atomic E-state index is 0.00473. The molecule has 3 amide bonds. The van der Waals surface area contributed by atoms with Crippen LogP contribution in [0.2, 0.25) is 0 Å². The Morgan fingerprint density at radius 1 is 0.683 bits per heavy atom. The van der Waals surface area contributed by atoms with Crippen LogP contribution >= 0.6 is 0 Å². The molecule has 0 bridgehead atoms. The highest BCUT2D eigenvalue weighted by atomic mass is 16.7. The van der Waals surface area contributed by atoms with E-state index in [9.17, 15) is 48.3 Å². The van der Waals surface area contributed by atoms with Crippen molar-refractivity contribution in [1.82, 2.24) is 29.4 Å². The van der Waals surface area contributed by atoms with Gasteiger partial charge in [0.15, 0.2) is 11.6 Å². The number of carbonyl (C=O) groups is 8. The molecule has 2 aromatic carbocycles. The SMILES string of the molecule is CCCCCC(CC(=O)COCC(=O)CCCOCCOCCOCCOCCOCCOCCOCCOCCn1cc(CCC(=O)C2CCC(CN3C(=O)C=CC3=O)CC2)nn1)C(=O)Nc1ccc(COC(=O)OC2C(=O)OCc3c2cc2n(c3=O)Cc3c-2nc2ccc(O)cc2c3CC)cc1. The summed E-state index contributed by atoms with van der Waals surface area (Å²) in [5, 5.41) is 22.2. The molecule has 4 aliphatic rings. The van der Waals surface area contributed by atoms with Crippen LogP contribution in [-0.4, -0.2) is 207 Å². The number of benzene rings is 2. The summed E-state index contributed by atoms with van der Waals surface area (Å²) in [7, 11) is 0. The molecule has 6 heterocycles. The number of aromatic nitrogens is 5. The van der Waals surface area contributed by atoms with Crippen molar-refractivity contribution in [2.24, 2.45) is 17.8 Å². The molecule has 3 aromatic heterocycles. The van der Waals surface area contributed by atoms with E-state index in [1.165, 1.54) is 17.1 Å². The van der Waals surface area contributed by atoms with E-state index in [0.29, 0.717) is 179 Å². The van der Waals surface area contributed by atoms with Gasteiger partial charge in [-0.2, -0.15) is 0 Å². The zero-order valence-electron chi connectivity index (χ0n) is 59.5. The number of rotatable bonds is 50. The molecular formula is C75H97N7O22. The topological polar surface area (TPSA) is 348 Å². The second-order valence-electron chi connectivity index (χ2n) is 25.9. The summed E-state index contributed by atoms with van der Waals surface area (Å²) in [6.45, 7) is 10.7. The Labute approximate surface area is 603 Å². The molecule has 1 saturated carbocycles. The number of imide groups is 1. The van der Waals surface area contributed by atoms with Gasteiger partial charge in [-0.05, 0) is 98.4 Å². The van der Waals surface area contributed by atoms with Gasteiger partial charge in [0.05, 0.1) is 140 Å². The van der Waals surface area contributed by atoms with Crippen LogP contribution in [0.3, 0.4) is 0 Å². The highest BCUT2D eigenvalue weighted by Crippen LogP contribution is 2.40. The molecule has 1 aliphatic carbocycles. The van der Waals surface area contributed by atoms with Gasteiger partial charge in [-0.3, -0.25) is 38.5 Å². The van der Waals surface area contributed by atoms with Crippen molar-refractivity contribution < 1.29 is 100 Å². The van der Waals surface area contributed by atoms with Crippen molar-refractivity contribution in [3.8, 4) is 17.1 Å². The molecule has 2 unspecified atom stereocenters. The van der Waals surface area contributed by atoms with Gasteiger partial charge in [-0.25, -0.2) is 19.3 Å². The van der Waals surface area contributed by atoms with Gasteiger partial charge in [0, 0.05) is 91.2 Å². The molecule has 0 spiro atoms. The number of pyridine rings is 2. The number of carbonyl (C=O) groups excluding carboxylic acids is 8. The fourth-order valence-corrected chi connectivity index (χ4v) is 12.8. The summed E-state index contributed by atoms with van der Waals surface area (Å²) in [6.07, 6.45) is 10.1. The third-order valence-electron chi connectivity index (χ3n) is 18.4. The second kappa shape index (κ2) is 42.4. The Balaban J connectivity index is 0.518. The van der Waals surface area contributed by atoms with Gasteiger partial charge < -0.3 is 71.8 Å². The third-order valence-corrected chi connectivity index (χ3v) is 18.4. The molecule has 2 atom stereocenters. The Morgan fingerprint density at radius 3 is 1.94 bits per heavy atom. The average molecular weight is 1450 g/mol. The van der Waals surface area contributed by atoms with Gasteiger partial charge in [0.2, 0.25) is 12.0 Å². The maximum Gasteiger partial charge on any atom is 0.509 e. The third kappa shape index (κ3) is 24.5. The average Bonchev–Trinajstić information content (AvgIpc) is 1.55. The lowest BCUT2D eigenvalue weighted by Crippen LogP contribution is -2.36. The Bertz CT molecular complexity index is 3750. The molecule has 0 radical (unpaired) electrons. The van der Waals surface area contributed by atoms with Crippen molar-refractivity contribution in [3.05, 3.63) is 111 Å². The van der Waals surface area contributed by atoms with Gasteiger partial charge in [0.1, 0.15) is 38.0 Å². The number of anilines is 1. The van der Waals surface area contributed by atoms with Crippen molar-refractivity contribution >= 4 is 63.8 Å². The molecule has 29 nitrogen and oxygen atoms in total. The number of amides is 3. The van der Waals surface area contributed by atoms with Gasteiger partial charge in [-0.15, -0.1) is 5.10 Å². The van der Waals surface area contributed by atoms with E-state index in [-0.39, 0.29) is 110 Å². The Morgan fingerprint density at radius 2 is 1.31 bits per heavy atom. The Kier molecular flexibility index (Phi) is 32.5. The van der Waals surface area contributed by atoms with Crippen LogP contribution in [0.15, 0.2) is 71.7 Å². The van der Waals surface area contributed by atoms with Gasteiger partial charge in [-0.1, -0.05) is 50.5 Å². The van der Waals surface area contributed by atoms with E-state index in [1.807, 2.05) is 20.0 Å². The first-order chi connectivity index (χ1) is 50.7. The lowest BCUT2D eigenvalue weighted by Gasteiger charge is -2.29. The number of unbranched alkanes of at least 4 members (excludes halogenated alkanes) is 2. The van der Waals surface area contributed by atoms with E-state index >= 15 is 0 Å². The number of fused-ring (bicyclic) bond motifs is 5. The Hall–Kier alpha value is -8.52. The zero-order valence-corrected chi connectivity index (χ0v) is 59.5. The predicted octanol–water partition coefficient (Wildman–Crippen LogP) is 7.26. The molecule has 5 aromatic rings. The summed E-state index contributed by atoms with van der Waals surface area (Å²) in [4.78, 5) is 122. The number of Topliss-reactive ketones (excluding diaryl/α,β-unsaturated/α-hetero) is 3. The standard InChI is InChI=1S/C75H97N7O22/c1-3-5-6-8-54(72(89)76-55-16-12-52(13-17-55)47-103-75(92)104-71-62-43-66-70-63(46-81(66)73(90)64(62)50-102-74(71)91)60(4-2)61-42-57(83)19-20-65(61)77-70)41-59(85)49-101-48-58(84)9-7-25-93-27-29-95-31-33-97-35-37-99-39-40-100-38-36-98-34-32-96-30-28-94-26-24-80-45-56(78-79-80)18-21-67(86)53-14-10-51(11-15-53)44-82-68(87)22-23-69(82)88/h12-13,16-17,19-20,22-23,42-43,45,51,53-54,71,83H,3-11,14-15,18,21,24-41,44,46-50H2,1-2H3,(H,76,89). The van der Waals surface area contributed by atoms with Crippen LogP contribution in [0, 0.1) is 17.8 Å². The van der Waals surface area contributed by atoms with Crippen molar-refractivity contribution in [2.75, 3.05) is 131 Å². The smallest absolute Gasteiger partial charge is 0.508 e. The second-order valence-corrected chi connectivity index (χ2v) is 25.9. The number of ether oxygens (including phenoxy) is 12. The fraction of sp³-hybridized carbons (Fsp3) is 0.573. The number of cyclic esters (lactones) is 1. The number of ketones is 3. The maximum atomic E-state index is 13.9. The molecular weight excluding hydrogens is 1350 g/mol. The minimum Gasteiger partial charge on any atom is -0.508 e. The number of phenols is 1. The monoisotopic (exact) mass is 1450 g/mol. The number of aromatic hydroxyl groups is 1. The molecule has 3 aliphatic heterocycles. The van der Waals surface area contributed by atoms with Crippen LogP contribution in [-0.2, 0) is 130 Å². The quantitative estimate of drug-likeness (QED) is 0.0215. The van der Waals surface area contributed by atoms with E-state index in [0.717, 1.165) is 67.2 Å².